The molecule has 0 saturated carbocycles. The second kappa shape index (κ2) is 8.87. The van der Waals surface area contributed by atoms with Crippen molar-refractivity contribution in [2.75, 3.05) is 6.61 Å². The maximum absolute atomic E-state index is 11.8. The first kappa shape index (κ1) is 18.5. The summed E-state index contributed by atoms with van der Waals surface area (Å²) in [7, 11) is 0. The number of carbonyl (C=O) groups excluding carboxylic acids is 1. The minimum atomic E-state index is -0.310. The van der Waals surface area contributed by atoms with Crippen LogP contribution < -0.4 is 10.2 Å². The average Bonchev–Trinajstić information content (AvgIpc) is 2.97. The number of nitrogens with zero attached hydrogens (tertiary/aromatic N) is 1. The van der Waals surface area contributed by atoms with Crippen molar-refractivity contribution in [1.29, 1.82) is 0 Å². The lowest BCUT2D eigenvalue weighted by Crippen LogP contribution is -2.24. The third-order valence-electron chi connectivity index (χ3n) is 3.52. The van der Waals surface area contributed by atoms with Crippen LogP contribution in [0, 0.1) is 13.8 Å². The van der Waals surface area contributed by atoms with Gasteiger partial charge in [0.1, 0.15) is 17.3 Å². The van der Waals surface area contributed by atoms with E-state index in [0.717, 1.165) is 28.4 Å². The van der Waals surface area contributed by atoms with Gasteiger partial charge in [0.15, 0.2) is 6.61 Å². The van der Waals surface area contributed by atoms with Crippen LogP contribution >= 0.6 is 0 Å². The number of allylic oxidation sites excluding steroid dienone is 1. The largest absolute Gasteiger partial charge is 0.483 e. The van der Waals surface area contributed by atoms with Gasteiger partial charge in [-0.25, -0.2) is 5.43 Å². The zero-order chi connectivity index (χ0) is 18.2. The van der Waals surface area contributed by atoms with Gasteiger partial charge in [0, 0.05) is 6.21 Å². The van der Waals surface area contributed by atoms with E-state index in [1.165, 1.54) is 6.21 Å². The van der Waals surface area contributed by atoms with Gasteiger partial charge in [0.25, 0.3) is 5.91 Å². The number of carbonyl (C=O) groups is 1. The zero-order valence-electron chi connectivity index (χ0n) is 15.1. The van der Waals surface area contributed by atoms with Crippen molar-refractivity contribution in [3.8, 4) is 5.75 Å². The molecule has 2 aromatic rings. The number of furan rings is 1. The fourth-order valence-corrected chi connectivity index (χ4v) is 2.25. The van der Waals surface area contributed by atoms with Crippen LogP contribution in [0.15, 0.2) is 45.9 Å². The van der Waals surface area contributed by atoms with Crippen molar-refractivity contribution >= 4 is 18.2 Å². The molecule has 1 aromatic carbocycles. The molecule has 1 heterocycles. The summed E-state index contributed by atoms with van der Waals surface area (Å²) in [5.74, 6) is 2.34. The molecule has 132 valence electrons. The molecule has 5 nitrogen and oxygen atoms in total. The van der Waals surface area contributed by atoms with Gasteiger partial charge in [-0.05, 0) is 61.2 Å². The van der Waals surface area contributed by atoms with Crippen LogP contribution in [0.25, 0.3) is 6.08 Å². The molecule has 5 heteroatoms. The van der Waals surface area contributed by atoms with Crippen LogP contribution in [0.3, 0.4) is 0 Å². The molecule has 1 aromatic heterocycles. The summed E-state index contributed by atoms with van der Waals surface area (Å²) in [6.45, 7) is 7.98. The molecular weight excluding hydrogens is 316 g/mol. The van der Waals surface area contributed by atoms with E-state index in [-0.39, 0.29) is 12.5 Å². The van der Waals surface area contributed by atoms with Crippen LogP contribution in [0.4, 0.5) is 0 Å². The van der Waals surface area contributed by atoms with Crippen LogP contribution in [-0.2, 0) is 4.79 Å². The maximum Gasteiger partial charge on any atom is 0.277 e. The Labute approximate surface area is 148 Å². The van der Waals surface area contributed by atoms with Gasteiger partial charge in [-0.3, -0.25) is 4.79 Å². The molecule has 0 aliphatic rings. The molecule has 1 amide bonds. The van der Waals surface area contributed by atoms with Crippen molar-refractivity contribution in [3.63, 3.8) is 0 Å². The number of amides is 1. The summed E-state index contributed by atoms with van der Waals surface area (Å²) in [4.78, 5) is 11.8. The molecular formula is C20H24N2O3. The van der Waals surface area contributed by atoms with Crippen LogP contribution in [0.1, 0.15) is 42.4 Å². The lowest BCUT2D eigenvalue weighted by molar-refractivity contribution is -0.123. The van der Waals surface area contributed by atoms with Crippen LogP contribution in [-0.4, -0.2) is 18.7 Å². The van der Waals surface area contributed by atoms with Crippen molar-refractivity contribution < 1.29 is 13.9 Å². The van der Waals surface area contributed by atoms with E-state index < -0.39 is 0 Å². The second-order valence-corrected chi connectivity index (χ2v) is 6.11. The molecule has 0 bridgehead atoms. The molecule has 0 unspecified atom stereocenters. The lowest BCUT2D eigenvalue weighted by atomic mass is 10.0. The van der Waals surface area contributed by atoms with Crippen molar-refractivity contribution in [3.05, 3.63) is 59.1 Å². The van der Waals surface area contributed by atoms with Crippen molar-refractivity contribution in [2.45, 2.75) is 33.6 Å². The van der Waals surface area contributed by atoms with E-state index in [9.17, 15) is 4.79 Å². The van der Waals surface area contributed by atoms with Crippen molar-refractivity contribution in [1.82, 2.24) is 5.43 Å². The molecule has 0 fully saturated rings. The van der Waals surface area contributed by atoms with Gasteiger partial charge in [-0.1, -0.05) is 26.0 Å². The van der Waals surface area contributed by atoms with Gasteiger partial charge < -0.3 is 9.15 Å². The third-order valence-corrected chi connectivity index (χ3v) is 3.52. The lowest BCUT2D eigenvalue weighted by Gasteiger charge is -2.14. The highest BCUT2D eigenvalue weighted by Gasteiger charge is 2.09. The normalized spacial score (nSPS) is 11.6. The topological polar surface area (TPSA) is 63.8 Å². The Morgan fingerprint density at radius 1 is 1.28 bits per heavy atom. The molecule has 0 aliphatic heterocycles. The molecule has 1 N–H and O–H groups in total. The number of hydrogen-bond donors (Lipinski definition) is 1. The Balaban J connectivity index is 1.82. The molecule has 0 radical (unpaired) electrons. The van der Waals surface area contributed by atoms with Gasteiger partial charge >= 0.3 is 0 Å². The fraction of sp³-hybridized carbons (Fsp3) is 0.300. The molecule has 0 aliphatic carbocycles. The summed E-state index contributed by atoms with van der Waals surface area (Å²) in [6, 6.07) is 9.76. The smallest absolute Gasteiger partial charge is 0.277 e. The van der Waals surface area contributed by atoms with Gasteiger partial charge in [-0.15, -0.1) is 0 Å². The molecule has 2 rings (SSSR count). The maximum atomic E-state index is 11.8. The number of rotatable bonds is 7. The van der Waals surface area contributed by atoms with Gasteiger partial charge in [0.2, 0.25) is 0 Å². The highest BCUT2D eigenvalue weighted by Crippen LogP contribution is 2.27. The average molecular weight is 340 g/mol. The molecule has 0 saturated heterocycles. The predicted octanol–water partition coefficient (Wildman–Crippen LogP) is 4.21. The number of hydrogen-bond acceptors (Lipinski definition) is 4. The summed E-state index contributed by atoms with van der Waals surface area (Å²) in [5.41, 5.74) is 4.61. The fourth-order valence-electron chi connectivity index (χ4n) is 2.25. The number of nitrogens with one attached hydrogen (secondary N) is 1. The highest BCUT2D eigenvalue weighted by molar-refractivity contribution is 5.81. The minimum Gasteiger partial charge on any atom is -0.483 e. The summed E-state index contributed by atoms with van der Waals surface area (Å²) in [5, 5.41) is 3.85. The van der Waals surface area contributed by atoms with Crippen LogP contribution in [0.5, 0.6) is 5.75 Å². The van der Waals surface area contributed by atoms with E-state index in [2.05, 4.69) is 24.4 Å². The van der Waals surface area contributed by atoms with Crippen LogP contribution in [0.2, 0.25) is 0 Å². The first-order valence-corrected chi connectivity index (χ1v) is 8.24. The second-order valence-electron chi connectivity index (χ2n) is 6.11. The Bertz CT molecular complexity index is 773. The van der Waals surface area contributed by atoms with Crippen molar-refractivity contribution in [2.24, 2.45) is 5.10 Å². The summed E-state index contributed by atoms with van der Waals surface area (Å²) in [6.07, 6.45) is 4.94. The monoisotopic (exact) mass is 340 g/mol. The van der Waals surface area contributed by atoms with E-state index >= 15 is 0 Å². The number of benzene rings is 1. The molecule has 0 spiro atoms. The predicted molar refractivity (Wildman–Crippen MR) is 99.9 cm³/mol. The number of hydrazone groups is 1. The van der Waals surface area contributed by atoms with E-state index in [4.69, 9.17) is 9.15 Å². The quantitative estimate of drug-likeness (QED) is 0.606. The minimum absolute atomic E-state index is 0.0817. The Morgan fingerprint density at radius 2 is 2.08 bits per heavy atom. The molecule has 0 atom stereocenters. The van der Waals surface area contributed by atoms with E-state index in [0.29, 0.717) is 5.92 Å². The third kappa shape index (κ3) is 5.95. The summed E-state index contributed by atoms with van der Waals surface area (Å²) >= 11 is 0. The number of aryl methyl sites for hydroxylation is 2. The van der Waals surface area contributed by atoms with E-state index in [1.807, 2.05) is 44.2 Å². The first-order valence-electron chi connectivity index (χ1n) is 8.24. The van der Waals surface area contributed by atoms with Gasteiger partial charge in [0.05, 0.1) is 0 Å². The SMILES string of the molecule is Cc1ccc(C(C)C)c(OCC(=O)NN=CC=Cc2ccc(C)o2)c1. The first-order chi connectivity index (χ1) is 12.0. The Kier molecular flexibility index (Phi) is 6.57. The highest BCUT2D eigenvalue weighted by atomic mass is 16.5. The zero-order valence-corrected chi connectivity index (χ0v) is 15.1. The standard InChI is InChI=1S/C20H24N2O3/c1-14(2)18-10-7-15(3)12-19(18)24-13-20(23)22-21-11-5-6-17-9-8-16(4)25-17/h5-12,14H,13H2,1-4H3,(H,22,23). The van der Waals surface area contributed by atoms with E-state index in [1.54, 1.807) is 12.2 Å². The molecule has 25 heavy (non-hydrogen) atoms. The Hall–Kier alpha value is -2.82. The number of ether oxygens (including phenoxy) is 1. The van der Waals surface area contributed by atoms with Gasteiger partial charge in [-0.2, -0.15) is 5.10 Å². The Morgan fingerprint density at radius 3 is 2.76 bits per heavy atom. The summed E-state index contributed by atoms with van der Waals surface area (Å²) < 4.78 is 11.0.